The van der Waals surface area contributed by atoms with Gasteiger partial charge < -0.3 is 10.5 Å². The van der Waals surface area contributed by atoms with Crippen LogP contribution in [0.5, 0.6) is 11.6 Å². The van der Waals surface area contributed by atoms with E-state index in [0.717, 1.165) is 5.56 Å². The van der Waals surface area contributed by atoms with Crippen molar-refractivity contribution in [2.75, 3.05) is 0 Å². The van der Waals surface area contributed by atoms with Crippen molar-refractivity contribution < 1.29 is 9.66 Å². The van der Waals surface area contributed by atoms with Gasteiger partial charge in [-0.1, -0.05) is 17.7 Å². The van der Waals surface area contributed by atoms with E-state index in [4.69, 9.17) is 22.1 Å². The Kier molecular flexibility index (Phi) is 4.16. The molecule has 2 N–H and O–H groups in total. The highest BCUT2D eigenvalue weighted by atomic mass is 35.5. The van der Waals surface area contributed by atoms with E-state index in [1.165, 1.54) is 18.2 Å². The number of hydrogen-bond acceptors (Lipinski definition) is 5. The molecule has 0 aliphatic carbocycles. The maximum Gasteiger partial charge on any atom is 0.273 e. The number of non-ortho nitro benzene ring substituents is 1. The smallest absolute Gasteiger partial charge is 0.273 e. The Hall–Kier alpha value is -2.18. The summed E-state index contributed by atoms with van der Waals surface area (Å²) in [7, 11) is 0. The number of nitrogens with zero attached hydrogens (tertiary/aromatic N) is 2. The minimum atomic E-state index is -0.518. The van der Waals surface area contributed by atoms with E-state index in [2.05, 4.69) is 4.98 Å². The molecule has 0 fully saturated rings. The van der Waals surface area contributed by atoms with Crippen LogP contribution in [-0.4, -0.2) is 9.91 Å². The fourth-order valence-electron chi connectivity index (χ4n) is 1.52. The zero-order chi connectivity index (χ0) is 14.7. The highest BCUT2D eigenvalue weighted by molar-refractivity contribution is 6.32. The van der Waals surface area contributed by atoms with E-state index < -0.39 is 4.92 Å². The molecule has 0 saturated heterocycles. The second-order valence-corrected chi connectivity index (χ2v) is 4.60. The first-order valence-corrected chi connectivity index (χ1v) is 6.18. The largest absolute Gasteiger partial charge is 0.437 e. The summed E-state index contributed by atoms with van der Waals surface area (Å²) in [6.07, 6.45) is 1.59. The first kappa shape index (κ1) is 14.2. The maximum absolute atomic E-state index is 10.7. The van der Waals surface area contributed by atoms with Crippen LogP contribution in [0, 0.1) is 10.1 Å². The van der Waals surface area contributed by atoms with Gasteiger partial charge >= 0.3 is 0 Å². The molecule has 0 saturated carbocycles. The highest BCUT2D eigenvalue weighted by Gasteiger charge is 2.12. The minimum absolute atomic E-state index is 0.100. The van der Waals surface area contributed by atoms with Crippen LogP contribution in [0.25, 0.3) is 0 Å². The molecule has 7 heteroatoms. The van der Waals surface area contributed by atoms with Crippen molar-refractivity contribution in [1.29, 1.82) is 0 Å². The average molecular weight is 294 g/mol. The van der Waals surface area contributed by atoms with E-state index in [1.54, 1.807) is 18.3 Å². The van der Waals surface area contributed by atoms with Crippen LogP contribution in [0.4, 0.5) is 5.69 Å². The van der Waals surface area contributed by atoms with Crippen molar-refractivity contribution >= 4 is 17.3 Å². The Morgan fingerprint density at radius 2 is 2.15 bits per heavy atom. The van der Waals surface area contributed by atoms with Gasteiger partial charge in [-0.25, -0.2) is 4.98 Å². The Morgan fingerprint density at radius 1 is 1.40 bits per heavy atom. The molecule has 1 aromatic heterocycles. The number of halogens is 1. The van der Waals surface area contributed by atoms with Crippen molar-refractivity contribution in [2.45, 2.75) is 13.0 Å². The standard InChI is InChI=1S/C13H12ClN3O3/c1-8(15)9-2-5-13(16-7-9)20-12-6-10(17(18)19)3-4-11(12)14/h2-8H,15H2,1H3. The first-order valence-electron chi connectivity index (χ1n) is 5.80. The van der Waals surface area contributed by atoms with E-state index in [0.29, 0.717) is 0 Å². The molecule has 1 aromatic carbocycles. The molecule has 0 spiro atoms. The summed E-state index contributed by atoms with van der Waals surface area (Å²) in [6, 6.07) is 7.25. The fraction of sp³-hybridized carbons (Fsp3) is 0.154. The van der Waals surface area contributed by atoms with Gasteiger partial charge in [-0.15, -0.1) is 0 Å². The number of rotatable bonds is 4. The SMILES string of the molecule is CC(N)c1ccc(Oc2cc([N+](=O)[O-])ccc2Cl)nc1. The number of benzene rings is 1. The number of nitro groups is 1. The number of ether oxygens (including phenoxy) is 1. The molecule has 1 heterocycles. The lowest BCUT2D eigenvalue weighted by molar-refractivity contribution is -0.384. The molecular formula is C13H12ClN3O3. The van der Waals surface area contributed by atoms with Gasteiger partial charge in [0, 0.05) is 24.4 Å². The van der Waals surface area contributed by atoms with E-state index in [-0.39, 0.29) is 28.4 Å². The molecular weight excluding hydrogens is 282 g/mol. The van der Waals surface area contributed by atoms with E-state index >= 15 is 0 Å². The molecule has 104 valence electrons. The summed E-state index contributed by atoms with van der Waals surface area (Å²) in [5.74, 6) is 0.471. The molecule has 0 bridgehead atoms. The number of pyridine rings is 1. The summed E-state index contributed by atoms with van der Waals surface area (Å²) in [6.45, 7) is 1.84. The van der Waals surface area contributed by atoms with Gasteiger partial charge in [-0.3, -0.25) is 10.1 Å². The normalized spacial score (nSPS) is 11.9. The van der Waals surface area contributed by atoms with Crippen LogP contribution in [-0.2, 0) is 0 Å². The molecule has 2 rings (SSSR count). The van der Waals surface area contributed by atoms with Crippen LogP contribution in [0.2, 0.25) is 5.02 Å². The highest BCUT2D eigenvalue weighted by Crippen LogP contribution is 2.32. The molecule has 1 atom stereocenters. The maximum atomic E-state index is 10.7. The van der Waals surface area contributed by atoms with Gasteiger partial charge in [0.05, 0.1) is 16.0 Å². The van der Waals surface area contributed by atoms with Gasteiger partial charge in [0.15, 0.2) is 5.75 Å². The van der Waals surface area contributed by atoms with Crippen LogP contribution in [0.15, 0.2) is 36.5 Å². The van der Waals surface area contributed by atoms with Crippen molar-refractivity contribution in [3.63, 3.8) is 0 Å². The zero-order valence-corrected chi connectivity index (χ0v) is 11.4. The number of nitrogens with two attached hydrogens (primary N) is 1. The summed E-state index contributed by atoms with van der Waals surface area (Å²) in [5, 5.41) is 11.0. The summed E-state index contributed by atoms with van der Waals surface area (Å²) in [4.78, 5) is 14.3. The van der Waals surface area contributed by atoms with Gasteiger partial charge in [-0.2, -0.15) is 0 Å². The van der Waals surface area contributed by atoms with Crippen LogP contribution in [0.3, 0.4) is 0 Å². The molecule has 20 heavy (non-hydrogen) atoms. The molecule has 1 unspecified atom stereocenters. The van der Waals surface area contributed by atoms with Crippen LogP contribution < -0.4 is 10.5 Å². The number of aromatic nitrogens is 1. The van der Waals surface area contributed by atoms with Gasteiger partial charge in [0.25, 0.3) is 5.69 Å². The Bertz CT molecular complexity index is 629. The predicted molar refractivity (Wildman–Crippen MR) is 75.0 cm³/mol. The quantitative estimate of drug-likeness (QED) is 0.688. The molecule has 6 nitrogen and oxygen atoms in total. The molecule has 0 radical (unpaired) electrons. The number of nitro benzene ring substituents is 1. The molecule has 0 amide bonds. The van der Waals surface area contributed by atoms with Gasteiger partial charge in [-0.05, 0) is 18.6 Å². The lowest BCUT2D eigenvalue weighted by atomic mass is 10.2. The molecule has 2 aromatic rings. The topological polar surface area (TPSA) is 91.3 Å². The first-order chi connectivity index (χ1) is 9.47. The van der Waals surface area contributed by atoms with Crippen molar-refractivity contribution in [1.82, 2.24) is 4.98 Å². The van der Waals surface area contributed by atoms with Gasteiger partial charge in [0.2, 0.25) is 5.88 Å². The molecule has 0 aliphatic rings. The van der Waals surface area contributed by atoms with Crippen LogP contribution in [0.1, 0.15) is 18.5 Å². The summed E-state index contributed by atoms with van der Waals surface area (Å²) < 4.78 is 5.45. The van der Waals surface area contributed by atoms with Crippen molar-refractivity contribution in [3.05, 3.63) is 57.2 Å². The van der Waals surface area contributed by atoms with Crippen molar-refractivity contribution in [3.8, 4) is 11.6 Å². The van der Waals surface area contributed by atoms with E-state index in [9.17, 15) is 10.1 Å². The van der Waals surface area contributed by atoms with E-state index in [1.807, 2.05) is 6.92 Å². The second-order valence-electron chi connectivity index (χ2n) is 4.19. The van der Waals surface area contributed by atoms with Gasteiger partial charge in [0.1, 0.15) is 0 Å². The third kappa shape index (κ3) is 3.23. The average Bonchev–Trinajstić information content (AvgIpc) is 2.41. The third-order valence-electron chi connectivity index (χ3n) is 2.63. The lowest BCUT2D eigenvalue weighted by Crippen LogP contribution is -2.05. The summed E-state index contributed by atoms with van der Waals surface area (Å²) >= 11 is 5.94. The minimum Gasteiger partial charge on any atom is -0.437 e. The number of hydrogen-bond donors (Lipinski definition) is 1. The monoisotopic (exact) mass is 293 g/mol. The Labute approximate surface area is 120 Å². The van der Waals surface area contributed by atoms with Crippen LogP contribution >= 0.6 is 11.6 Å². The Balaban J connectivity index is 2.25. The lowest BCUT2D eigenvalue weighted by Gasteiger charge is -2.08. The molecule has 0 aliphatic heterocycles. The predicted octanol–water partition coefficient (Wildman–Crippen LogP) is 3.46. The second kappa shape index (κ2) is 5.85. The summed E-state index contributed by atoms with van der Waals surface area (Å²) in [5.41, 5.74) is 6.48. The van der Waals surface area contributed by atoms with Crippen molar-refractivity contribution in [2.24, 2.45) is 5.73 Å². The third-order valence-corrected chi connectivity index (χ3v) is 2.94. The fourth-order valence-corrected chi connectivity index (χ4v) is 1.67. The zero-order valence-electron chi connectivity index (χ0n) is 10.6. The Morgan fingerprint density at radius 3 is 2.70 bits per heavy atom.